The Kier molecular flexibility index (Phi) is 4.82. The van der Waals surface area contributed by atoms with Gasteiger partial charge in [0.2, 0.25) is 0 Å². The van der Waals surface area contributed by atoms with Crippen LogP contribution >= 0.6 is 0 Å². The second-order valence-electron chi connectivity index (χ2n) is 4.59. The summed E-state index contributed by atoms with van der Waals surface area (Å²) in [6.45, 7) is 3.03. The van der Waals surface area contributed by atoms with Gasteiger partial charge in [-0.15, -0.1) is 0 Å². The van der Waals surface area contributed by atoms with Crippen LogP contribution in [0.15, 0.2) is 36.5 Å². The number of hydrogen-bond acceptors (Lipinski definition) is 2. The Morgan fingerprint density at radius 3 is 2.61 bits per heavy atom. The summed E-state index contributed by atoms with van der Waals surface area (Å²) in [6, 6.07) is 10.7. The van der Waals surface area contributed by atoms with Crippen LogP contribution in [0.25, 0.3) is 0 Å². The minimum absolute atomic E-state index is 0.787. The lowest BCUT2D eigenvalue weighted by molar-refractivity contribution is 0.717. The molecule has 1 aromatic heterocycles. The number of H-pyrrole nitrogens is 1. The maximum absolute atomic E-state index is 3.93. The van der Waals surface area contributed by atoms with Crippen LogP contribution in [0, 0.1) is 0 Å². The lowest BCUT2D eigenvalue weighted by Crippen LogP contribution is -1.99. The average Bonchev–Trinajstić information content (AvgIpc) is 2.91. The van der Waals surface area contributed by atoms with E-state index in [2.05, 4.69) is 46.7 Å². The largest absolute Gasteiger partial charge is 0.379 e. The van der Waals surface area contributed by atoms with Crippen molar-refractivity contribution in [3.8, 4) is 0 Å². The summed E-state index contributed by atoms with van der Waals surface area (Å²) >= 11 is 0. The van der Waals surface area contributed by atoms with Gasteiger partial charge in [-0.3, -0.25) is 5.10 Å². The number of benzene rings is 1. The molecule has 1 aromatic carbocycles. The number of nitrogens with one attached hydrogen (secondary N) is 2. The van der Waals surface area contributed by atoms with Crippen molar-refractivity contribution < 1.29 is 0 Å². The molecule has 0 amide bonds. The minimum atomic E-state index is 0.787. The van der Waals surface area contributed by atoms with Gasteiger partial charge >= 0.3 is 0 Å². The van der Waals surface area contributed by atoms with Gasteiger partial charge in [-0.25, -0.2) is 0 Å². The molecule has 0 saturated heterocycles. The van der Waals surface area contributed by atoms with Crippen LogP contribution in [0.5, 0.6) is 0 Å². The smallest absolute Gasteiger partial charge is 0.0567 e. The lowest BCUT2D eigenvalue weighted by Gasteiger charge is -2.06. The Morgan fingerprint density at radius 1 is 1.11 bits per heavy atom. The molecule has 96 valence electrons. The number of unbranched alkanes of at least 4 members (excludes halogenated alkanes) is 2. The van der Waals surface area contributed by atoms with Crippen molar-refractivity contribution >= 4 is 5.69 Å². The van der Waals surface area contributed by atoms with Crippen LogP contribution < -0.4 is 5.32 Å². The van der Waals surface area contributed by atoms with Gasteiger partial charge in [0.1, 0.15) is 0 Å². The van der Waals surface area contributed by atoms with Crippen LogP contribution in [-0.4, -0.2) is 10.2 Å². The van der Waals surface area contributed by atoms with E-state index < -0.39 is 0 Å². The van der Waals surface area contributed by atoms with Crippen LogP contribution in [0.4, 0.5) is 5.69 Å². The van der Waals surface area contributed by atoms with Gasteiger partial charge in [0.05, 0.1) is 12.2 Å². The fourth-order valence-electron chi connectivity index (χ4n) is 1.95. The van der Waals surface area contributed by atoms with Crippen molar-refractivity contribution in [1.29, 1.82) is 0 Å². The Balaban J connectivity index is 1.80. The number of aryl methyl sites for hydroxylation is 1. The highest BCUT2D eigenvalue weighted by molar-refractivity contribution is 5.44. The highest BCUT2D eigenvalue weighted by Crippen LogP contribution is 2.13. The Morgan fingerprint density at radius 2 is 1.94 bits per heavy atom. The first-order valence-electron chi connectivity index (χ1n) is 6.69. The molecule has 0 fully saturated rings. The highest BCUT2D eigenvalue weighted by atomic mass is 15.1. The van der Waals surface area contributed by atoms with Gasteiger partial charge < -0.3 is 5.32 Å². The Hall–Kier alpha value is -1.77. The van der Waals surface area contributed by atoms with E-state index in [1.54, 1.807) is 6.20 Å². The van der Waals surface area contributed by atoms with Crippen LogP contribution in [-0.2, 0) is 13.0 Å². The van der Waals surface area contributed by atoms with Crippen LogP contribution in [0.1, 0.15) is 37.4 Å². The number of aromatic nitrogens is 2. The molecule has 18 heavy (non-hydrogen) atoms. The first-order chi connectivity index (χ1) is 8.88. The van der Waals surface area contributed by atoms with E-state index in [0.717, 1.165) is 17.9 Å². The molecule has 3 heteroatoms. The first kappa shape index (κ1) is 12.7. The fourth-order valence-corrected chi connectivity index (χ4v) is 1.95. The topological polar surface area (TPSA) is 40.7 Å². The third-order valence-corrected chi connectivity index (χ3v) is 3.06. The summed E-state index contributed by atoms with van der Waals surface area (Å²) in [5.41, 5.74) is 3.68. The molecule has 0 saturated carbocycles. The van der Waals surface area contributed by atoms with Crippen molar-refractivity contribution in [2.24, 2.45) is 0 Å². The SMILES string of the molecule is CCCCCc1ccc(NCc2ccn[nH]2)cc1. The van der Waals surface area contributed by atoms with E-state index in [1.165, 1.54) is 31.2 Å². The maximum Gasteiger partial charge on any atom is 0.0567 e. The molecule has 0 bridgehead atoms. The highest BCUT2D eigenvalue weighted by Gasteiger charge is 1.96. The number of hydrogen-bond donors (Lipinski definition) is 2. The predicted octanol–water partition coefficient (Wildman–Crippen LogP) is 3.75. The van der Waals surface area contributed by atoms with Gasteiger partial charge in [-0.2, -0.15) is 5.10 Å². The molecule has 0 aliphatic rings. The third kappa shape index (κ3) is 3.91. The molecular weight excluding hydrogens is 222 g/mol. The minimum Gasteiger partial charge on any atom is -0.379 e. The molecule has 3 nitrogen and oxygen atoms in total. The van der Waals surface area contributed by atoms with Gasteiger partial charge in [0, 0.05) is 11.9 Å². The lowest BCUT2D eigenvalue weighted by atomic mass is 10.1. The van der Waals surface area contributed by atoms with E-state index >= 15 is 0 Å². The molecule has 0 radical (unpaired) electrons. The molecule has 2 aromatic rings. The van der Waals surface area contributed by atoms with E-state index in [-0.39, 0.29) is 0 Å². The molecule has 2 rings (SSSR count). The summed E-state index contributed by atoms with van der Waals surface area (Å²) in [5, 5.41) is 10.2. The molecular formula is C15H21N3. The predicted molar refractivity (Wildman–Crippen MR) is 75.6 cm³/mol. The zero-order chi connectivity index (χ0) is 12.6. The summed E-state index contributed by atoms with van der Waals surface area (Å²) in [4.78, 5) is 0. The van der Waals surface area contributed by atoms with E-state index in [9.17, 15) is 0 Å². The standard InChI is InChI=1S/C15H21N3/c1-2-3-4-5-13-6-8-14(9-7-13)16-12-15-10-11-17-18-15/h6-11,16H,2-5,12H2,1H3,(H,17,18). The Bertz CT molecular complexity index is 431. The normalized spacial score (nSPS) is 10.5. The zero-order valence-electron chi connectivity index (χ0n) is 10.9. The van der Waals surface area contributed by atoms with Crippen LogP contribution in [0.3, 0.4) is 0 Å². The average molecular weight is 243 g/mol. The summed E-state index contributed by atoms with van der Waals surface area (Å²) < 4.78 is 0. The summed E-state index contributed by atoms with van der Waals surface area (Å²) in [6.07, 6.45) is 6.85. The number of aromatic amines is 1. The monoisotopic (exact) mass is 243 g/mol. The molecule has 0 aliphatic heterocycles. The van der Waals surface area contributed by atoms with E-state index in [0.29, 0.717) is 0 Å². The molecule has 0 aliphatic carbocycles. The Labute approximate surface area is 109 Å². The third-order valence-electron chi connectivity index (χ3n) is 3.06. The van der Waals surface area contributed by atoms with Gasteiger partial charge in [-0.1, -0.05) is 31.9 Å². The summed E-state index contributed by atoms with van der Waals surface area (Å²) in [5.74, 6) is 0. The van der Waals surface area contributed by atoms with Gasteiger partial charge in [0.15, 0.2) is 0 Å². The molecule has 0 unspecified atom stereocenters. The fraction of sp³-hybridized carbons (Fsp3) is 0.400. The van der Waals surface area contributed by atoms with E-state index in [1.807, 2.05) is 6.07 Å². The molecule has 2 N–H and O–H groups in total. The summed E-state index contributed by atoms with van der Waals surface area (Å²) in [7, 11) is 0. The number of rotatable bonds is 7. The maximum atomic E-state index is 3.93. The van der Waals surface area contributed by atoms with E-state index in [4.69, 9.17) is 0 Å². The second-order valence-corrected chi connectivity index (χ2v) is 4.59. The zero-order valence-corrected chi connectivity index (χ0v) is 10.9. The van der Waals surface area contributed by atoms with Crippen molar-refractivity contribution in [1.82, 2.24) is 10.2 Å². The van der Waals surface area contributed by atoms with Crippen LogP contribution in [0.2, 0.25) is 0 Å². The molecule has 0 atom stereocenters. The first-order valence-corrected chi connectivity index (χ1v) is 6.69. The molecule has 0 spiro atoms. The van der Waals surface area contributed by atoms with Crippen molar-refractivity contribution in [3.05, 3.63) is 47.8 Å². The van der Waals surface area contributed by atoms with Crippen molar-refractivity contribution in [3.63, 3.8) is 0 Å². The van der Waals surface area contributed by atoms with Crippen molar-refractivity contribution in [2.45, 2.75) is 39.2 Å². The van der Waals surface area contributed by atoms with Gasteiger partial charge in [-0.05, 0) is 36.6 Å². The van der Waals surface area contributed by atoms with Crippen molar-refractivity contribution in [2.75, 3.05) is 5.32 Å². The molecule has 1 heterocycles. The van der Waals surface area contributed by atoms with Gasteiger partial charge in [0.25, 0.3) is 0 Å². The number of anilines is 1. The number of nitrogens with zero attached hydrogens (tertiary/aromatic N) is 1. The quantitative estimate of drug-likeness (QED) is 0.727. The second kappa shape index (κ2) is 6.84.